The molecule has 1 aliphatic rings. The fraction of sp³-hybridized carbons (Fsp3) is 0.389. The van der Waals surface area contributed by atoms with Crippen LogP contribution in [-0.4, -0.2) is 52.0 Å². The Morgan fingerprint density at radius 2 is 2.12 bits per heavy atom. The number of rotatable bonds is 3. The zero-order valence-corrected chi connectivity index (χ0v) is 13.7. The van der Waals surface area contributed by atoms with Gasteiger partial charge in [-0.25, -0.2) is 4.98 Å². The van der Waals surface area contributed by atoms with Crippen LogP contribution in [0.4, 0.5) is 0 Å². The van der Waals surface area contributed by atoms with E-state index in [0.717, 1.165) is 34.9 Å². The number of hydrogen-bond donors (Lipinski definition) is 1. The van der Waals surface area contributed by atoms with Crippen LogP contribution in [0.1, 0.15) is 5.76 Å². The maximum Gasteiger partial charge on any atom is 0.176 e. The molecule has 126 valence electrons. The number of fused-ring (bicyclic) bond motifs is 1. The van der Waals surface area contributed by atoms with Gasteiger partial charge in [-0.1, -0.05) is 12.1 Å². The van der Waals surface area contributed by atoms with E-state index in [1.807, 2.05) is 48.0 Å². The maximum absolute atomic E-state index is 9.83. The summed E-state index contributed by atoms with van der Waals surface area (Å²) in [5.74, 6) is 2.45. The first-order chi connectivity index (χ1) is 11.7. The second kappa shape index (κ2) is 6.39. The van der Waals surface area contributed by atoms with Crippen molar-refractivity contribution in [1.82, 2.24) is 14.5 Å². The lowest BCUT2D eigenvalue weighted by Crippen LogP contribution is -2.32. The molecule has 1 aliphatic heterocycles. The molecule has 3 heterocycles. The van der Waals surface area contributed by atoms with Crippen molar-refractivity contribution < 1.29 is 14.3 Å². The zero-order valence-electron chi connectivity index (χ0n) is 13.7. The fourth-order valence-corrected chi connectivity index (χ4v) is 3.17. The monoisotopic (exact) mass is 327 g/mol. The Hall–Kier alpha value is -2.15. The number of furan rings is 1. The third-order valence-corrected chi connectivity index (χ3v) is 4.38. The molecule has 1 atom stereocenters. The van der Waals surface area contributed by atoms with Gasteiger partial charge in [-0.05, 0) is 24.3 Å². The predicted molar refractivity (Wildman–Crippen MR) is 90.5 cm³/mol. The summed E-state index contributed by atoms with van der Waals surface area (Å²) in [6.07, 6.45) is -0.443. The number of aliphatic hydroxyl groups is 1. The summed E-state index contributed by atoms with van der Waals surface area (Å²) in [5.41, 5.74) is 2.04. The topological polar surface area (TPSA) is 63.7 Å². The van der Waals surface area contributed by atoms with Gasteiger partial charge in [0.1, 0.15) is 5.76 Å². The average molecular weight is 327 g/mol. The minimum absolute atomic E-state index is 0.403. The van der Waals surface area contributed by atoms with E-state index in [-0.39, 0.29) is 0 Å². The van der Waals surface area contributed by atoms with E-state index < -0.39 is 6.10 Å². The van der Waals surface area contributed by atoms with Crippen LogP contribution in [0.3, 0.4) is 0 Å². The van der Waals surface area contributed by atoms with Crippen LogP contribution < -0.4 is 0 Å². The van der Waals surface area contributed by atoms with Gasteiger partial charge in [-0.2, -0.15) is 0 Å². The van der Waals surface area contributed by atoms with E-state index >= 15 is 0 Å². The molecule has 0 amide bonds. The number of ether oxygens (including phenoxy) is 1. The minimum Gasteiger partial charge on any atom is -0.456 e. The molecule has 24 heavy (non-hydrogen) atoms. The number of para-hydroxylation sites is 2. The molecule has 0 aliphatic carbocycles. The van der Waals surface area contributed by atoms with Gasteiger partial charge >= 0.3 is 0 Å². The maximum atomic E-state index is 9.83. The Kier molecular flexibility index (Phi) is 4.10. The average Bonchev–Trinajstić information content (AvgIpc) is 3.10. The largest absolute Gasteiger partial charge is 0.456 e. The number of aliphatic hydroxyl groups excluding tert-OH is 1. The van der Waals surface area contributed by atoms with E-state index in [2.05, 4.69) is 9.88 Å². The van der Waals surface area contributed by atoms with Crippen LogP contribution in [0.5, 0.6) is 0 Å². The first-order valence-electron chi connectivity index (χ1n) is 8.19. The minimum atomic E-state index is -0.443. The highest BCUT2D eigenvalue weighted by molar-refractivity contribution is 5.79. The summed E-state index contributed by atoms with van der Waals surface area (Å²) in [6.45, 7) is 3.08. The van der Waals surface area contributed by atoms with Gasteiger partial charge in [-0.3, -0.25) is 4.90 Å². The lowest BCUT2D eigenvalue weighted by molar-refractivity contribution is 0.0560. The number of benzene rings is 1. The highest BCUT2D eigenvalue weighted by Crippen LogP contribution is 2.25. The summed E-state index contributed by atoms with van der Waals surface area (Å²) in [5, 5.41) is 9.83. The zero-order chi connectivity index (χ0) is 16.5. The molecule has 1 aromatic carbocycles. The summed E-state index contributed by atoms with van der Waals surface area (Å²) >= 11 is 0. The normalized spacial score (nSPS) is 19.7. The highest BCUT2D eigenvalue weighted by Gasteiger charge is 2.19. The van der Waals surface area contributed by atoms with E-state index in [9.17, 15) is 5.11 Å². The predicted octanol–water partition coefficient (Wildman–Crippen LogP) is 2.03. The molecular formula is C18H21N3O3. The Morgan fingerprint density at radius 3 is 3.00 bits per heavy atom. The molecule has 0 bridgehead atoms. The van der Waals surface area contributed by atoms with Crippen molar-refractivity contribution in [3.63, 3.8) is 0 Å². The van der Waals surface area contributed by atoms with Gasteiger partial charge in [-0.15, -0.1) is 0 Å². The van der Waals surface area contributed by atoms with Crippen LogP contribution in [0.2, 0.25) is 0 Å². The van der Waals surface area contributed by atoms with Crippen molar-refractivity contribution in [1.29, 1.82) is 0 Å². The first-order valence-corrected chi connectivity index (χ1v) is 8.19. The van der Waals surface area contributed by atoms with Crippen LogP contribution in [-0.2, 0) is 18.3 Å². The van der Waals surface area contributed by atoms with E-state index in [4.69, 9.17) is 9.15 Å². The van der Waals surface area contributed by atoms with E-state index in [0.29, 0.717) is 26.3 Å². The Balaban J connectivity index is 1.56. The van der Waals surface area contributed by atoms with Crippen molar-refractivity contribution in [2.45, 2.75) is 12.6 Å². The van der Waals surface area contributed by atoms with Crippen LogP contribution >= 0.6 is 0 Å². The number of imidazole rings is 1. The molecule has 0 radical (unpaired) electrons. The van der Waals surface area contributed by atoms with Crippen LogP contribution in [0.25, 0.3) is 22.6 Å². The van der Waals surface area contributed by atoms with Gasteiger partial charge < -0.3 is 18.8 Å². The van der Waals surface area contributed by atoms with Gasteiger partial charge in [0.25, 0.3) is 0 Å². The number of nitrogens with zero attached hydrogens (tertiary/aromatic N) is 3. The lowest BCUT2D eigenvalue weighted by Gasteiger charge is -2.19. The van der Waals surface area contributed by atoms with Gasteiger partial charge in [0.15, 0.2) is 11.6 Å². The van der Waals surface area contributed by atoms with Crippen LogP contribution in [0, 0.1) is 0 Å². The molecule has 2 aromatic heterocycles. The molecule has 4 rings (SSSR count). The van der Waals surface area contributed by atoms with Gasteiger partial charge in [0.2, 0.25) is 0 Å². The smallest absolute Gasteiger partial charge is 0.176 e. The van der Waals surface area contributed by atoms with Crippen molar-refractivity contribution >= 4 is 11.0 Å². The Morgan fingerprint density at radius 1 is 1.25 bits per heavy atom. The second-order valence-corrected chi connectivity index (χ2v) is 6.21. The molecule has 0 spiro atoms. The molecule has 0 unspecified atom stereocenters. The van der Waals surface area contributed by atoms with Crippen molar-refractivity contribution in [3.8, 4) is 11.6 Å². The molecule has 1 N–H and O–H groups in total. The number of hydrogen-bond acceptors (Lipinski definition) is 5. The van der Waals surface area contributed by atoms with E-state index in [1.165, 1.54) is 0 Å². The third-order valence-electron chi connectivity index (χ3n) is 4.38. The highest BCUT2D eigenvalue weighted by atomic mass is 16.5. The molecule has 3 aromatic rings. The van der Waals surface area contributed by atoms with Crippen LogP contribution in [0.15, 0.2) is 40.8 Å². The summed E-state index contributed by atoms with van der Waals surface area (Å²) in [7, 11) is 2.00. The summed E-state index contributed by atoms with van der Waals surface area (Å²) < 4.78 is 13.4. The van der Waals surface area contributed by atoms with Crippen molar-refractivity contribution in [3.05, 3.63) is 42.2 Å². The molecular weight excluding hydrogens is 306 g/mol. The van der Waals surface area contributed by atoms with Gasteiger partial charge in [0.05, 0.1) is 36.9 Å². The molecule has 0 saturated carbocycles. The standard InChI is InChI=1S/C18H21N3O3/c1-20-16-5-3-2-4-15(16)19-18(20)17-7-6-14(24-17)11-21-8-9-23-12-13(22)10-21/h2-7,13,22H,8-12H2,1H3/t13-/m1/s1. The summed E-state index contributed by atoms with van der Waals surface area (Å²) in [6, 6.07) is 12.0. The molecule has 6 nitrogen and oxygen atoms in total. The third kappa shape index (κ3) is 2.96. The Labute approximate surface area is 140 Å². The SMILES string of the molecule is Cn1c(-c2ccc(CN3CCOC[C@H](O)C3)o2)nc2ccccc21. The number of β-amino-alcohol motifs (C(OH)–C–C–N with tert-alkyl or cyclic N) is 1. The number of aryl methyl sites for hydroxylation is 1. The molecule has 1 fully saturated rings. The lowest BCUT2D eigenvalue weighted by atomic mass is 10.3. The van der Waals surface area contributed by atoms with E-state index in [1.54, 1.807) is 0 Å². The van der Waals surface area contributed by atoms with Crippen molar-refractivity contribution in [2.75, 3.05) is 26.3 Å². The molecule has 1 saturated heterocycles. The first kappa shape index (κ1) is 15.4. The van der Waals surface area contributed by atoms with Crippen molar-refractivity contribution in [2.24, 2.45) is 7.05 Å². The fourth-order valence-electron chi connectivity index (χ4n) is 3.17. The molecule has 6 heteroatoms. The summed E-state index contributed by atoms with van der Waals surface area (Å²) in [4.78, 5) is 6.81. The second-order valence-electron chi connectivity index (χ2n) is 6.21. The Bertz CT molecular complexity index is 839. The van der Waals surface area contributed by atoms with Gasteiger partial charge in [0, 0.05) is 20.1 Å². The number of aromatic nitrogens is 2. The quantitative estimate of drug-likeness (QED) is 0.797.